The number of urea groups is 1. The number of nitrogens with zero attached hydrogens (tertiary/aromatic N) is 1. The molecule has 128 valence electrons. The normalized spacial score (nSPS) is 11.7. The van der Waals surface area contributed by atoms with Gasteiger partial charge in [-0.05, 0) is 24.6 Å². The maximum Gasteiger partial charge on any atom is 0.321 e. The summed E-state index contributed by atoms with van der Waals surface area (Å²) in [7, 11) is 3.13. The van der Waals surface area contributed by atoms with E-state index in [4.69, 9.17) is 14.6 Å². The van der Waals surface area contributed by atoms with E-state index >= 15 is 0 Å². The Morgan fingerprint density at radius 3 is 2.65 bits per heavy atom. The summed E-state index contributed by atoms with van der Waals surface area (Å²) in [6.07, 6.45) is 0. The molecule has 1 aromatic rings. The minimum Gasteiger partial charge on any atom is -0.489 e. The second-order valence-corrected chi connectivity index (χ2v) is 5.39. The van der Waals surface area contributed by atoms with Crippen molar-refractivity contribution in [2.45, 2.75) is 13.8 Å². The van der Waals surface area contributed by atoms with Crippen molar-refractivity contribution < 1.29 is 24.2 Å². The summed E-state index contributed by atoms with van der Waals surface area (Å²) in [4.78, 5) is 24.4. The summed E-state index contributed by atoms with van der Waals surface area (Å²) in [6.45, 7) is 4.41. The quantitative estimate of drug-likeness (QED) is 0.716. The average molecular weight is 324 g/mol. The number of hydrogen-bond donors (Lipinski definition) is 2. The summed E-state index contributed by atoms with van der Waals surface area (Å²) in [5, 5.41) is 11.6. The molecule has 0 spiro atoms. The first-order chi connectivity index (χ1) is 10.8. The summed E-state index contributed by atoms with van der Waals surface area (Å²) < 4.78 is 10.5. The molecular weight excluding hydrogens is 300 g/mol. The van der Waals surface area contributed by atoms with Crippen molar-refractivity contribution in [3.8, 4) is 5.75 Å². The SMILES string of the molecule is COCCOc1cc(C)ccc1NC(=O)N(C)CC(C)C(=O)O. The topological polar surface area (TPSA) is 88.1 Å². The van der Waals surface area contributed by atoms with Crippen molar-refractivity contribution in [1.29, 1.82) is 0 Å². The Morgan fingerprint density at radius 1 is 1.35 bits per heavy atom. The number of benzene rings is 1. The number of methoxy groups -OCH3 is 1. The lowest BCUT2D eigenvalue weighted by molar-refractivity contribution is -0.141. The van der Waals surface area contributed by atoms with Gasteiger partial charge in [0.2, 0.25) is 0 Å². The third kappa shape index (κ3) is 6.15. The summed E-state index contributed by atoms with van der Waals surface area (Å²) in [5.41, 5.74) is 1.54. The van der Waals surface area contributed by atoms with Crippen LogP contribution in [0, 0.1) is 12.8 Å². The third-order valence-corrected chi connectivity index (χ3v) is 3.24. The first-order valence-corrected chi connectivity index (χ1v) is 7.32. The molecule has 2 amide bonds. The molecule has 1 unspecified atom stereocenters. The van der Waals surface area contributed by atoms with E-state index < -0.39 is 17.9 Å². The molecule has 1 aromatic carbocycles. The Kier molecular flexibility index (Phi) is 7.34. The second-order valence-electron chi connectivity index (χ2n) is 5.39. The predicted molar refractivity (Wildman–Crippen MR) is 87.0 cm³/mol. The molecule has 7 heteroatoms. The maximum atomic E-state index is 12.2. The average Bonchev–Trinajstić information content (AvgIpc) is 2.49. The second kappa shape index (κ2) is 8.99. The fraction of sp³-hybridized carbons (Fsp3) is 0.500. The molecule has 0 saturated carbocycles. The number of ether oxygens (including phenoxy) is 2. The molecule has 0 aliphatic rings. The molecule has 0 aliphatic carbocycles. The highest BCUT2D eigenvalue weighted by Crippen LogP contribution is 2.26. The maximum absolute atomic E-state index is 12.2. The molecule has 0 heterocycles. The van der Waals surface area contributed by atoms with Gasteiger partial charge in [-0.1, -0.05) is 13.0 Å². The van der Waals surface area contributed by atoms with Gasteiger partial charge in [0, 0.05) is 20.7 Å². The number of rotatable bonds is 8. The fourth-order valence-corrected chi connectivity index (χ4v) is 1.87. The molecule has 0 radical (unpaired) electrons. The van der Waals surface area contributed by atoms with Gasteiger partial charge in [0.05, 0.1) is 18.2 Å². The first kappa shape index (κ1) is 18.8. The van der Waals surface area contributed by atoms with E-state index in [1.54, 1.807) is 27.1 Å². The van der Waals surface area contributed by atoms with Crippen molar-refractivity contribution in [3.05, 3.63) is 23.8 Å². The van der Waals surface area contributed by atoms with Gasteiger partial charge in [-0.25, -0.2) is 4.79 Å². The van der Waals surface area contributed by atoms with Crippen molar-refractivity contribution >= 4 is 17.7 Å². The summed E-state index contributed by atoms with van der Waals surface area (Å²) in [5.74, 6) is -1.03. The molecule has 7 nitrogen and oxygen atoms in total. The van der Waals surface area contributed by atoms with Crippen LogP contribution in [0.5, 0.6) is 5.75 Å². The lowest BCUT2D eigenvalue weighted by atomic mass is 10.2. The van der Waals surface area contributed by atoms with Crippen LogP contribution in [-0.4, -0.2) is 55.9 Å². The van der Waals surface area contributed by atoms with Gasteiger partial charge >= 0.3 is 12.0 Å². The van der Waals surface area contributed by atoms with Crippen LogP contribution >= 0.6 is 0 Å². The highest BCUT2D eigenvalue weighted by atomic mass is 16.5. The monoisotopic (exact) mass is 324 g/mol. The zero-order chi connectivity index (χ0) is 17.4. The predicted octanol–water partition coefficient (Wildman–Crippen LogP) is 2.20. The minimum atomic E-state index is -0.941. The number of carbonyl (C=O) groups is 2. The number of carboxylic acid groups (broad SMARTS) is 1. The Bertz CT molecular complexity index is 547. The number of hydrogen-bond acceptors (Lipinski definition) is 4. The molecule has 2 N–H and O–H groups in total. The molecule has 0 aromatic heterocycles. The van der Waals surface area contributed by atoms with Crippen LogP contribution in [0.25, 0.3) is 0 Å². The number of nitrogens with one attached hydrogen (secondary N) is 1. The van der Waals surface area contributed by atoms with Gasteiger partial charge < -0.3 is 24.8 Å². The lowest BCUT2D eigenvalue weighted by Crippen LogP contribution is -2.36. The van der Waals surface area contributed by atoms with Crippen LogP contribution in [0.1, 0.15) is 12.5 Å². The van der Waals surface area contributed by atoms with Gasteiger partial charge in [0.1, 0.15) is 12.4 Å². The van der Waals surface area contributed by atoms with Crippen LogP contribution < -0.4 is 10.1 Å². The Labute approximate surface area is 136 Å². The van der Waals surface area contributed by atoms with Gasteiger partial charge in [-0.3, -0.25) is 4.79 Å². The number of carbonyl (C=O) groups excluding carboxylic acids is 1. The molecule has 0 aliphatic heterocycles. The number of carboxylic acids is 1. The van der Waals surface area contributed by atoms with E-state index in [1.807, 2.05) is 19.1 Å². The van der Waals surface area contributed by atoms with Gasteiger partial charge in [0.15, 0.2) is 0 Å². The zero-order valence-corrected chi connectivity index (χ0v) is 14.0. The van der Waals surface area contributed by atoms with Gasteiger partial charge in [-0.15, -0.1) is 0 Å². The fourth-order valence-electron chi connectivity index (χ4n) is 1.87. The molecule has 23 heavy (non-hydrogen) atoms. The molecule has 1 rings (SSSR count). The minimum absolute atomic E-state index is 0.118. The van der Waals surface area contributed by atoms with Gasteiger partial charge in [-0.2, -0.15) is 0 Å². The number of anilines is 1. The highest BCUT2D eigenvalue weighted by molar-refractivity contribution is 5.91. The lowest BCUT2D eigenvalue weighted by Gasteiger charge is -2.21. The van der Waals surface area contributed by atoms with Crippen LogP contribution in [-0.2, 0) is 9.53 Å². The van der Waals surface area contributed by atoms with E-state index in [1.165, 1.54) is 4.90 Å². The van der Waals surface area contributed by atoms with Crippen molar-refractivity contribution in [3.63, 3.8) is 0 Å². The smallest absolute Gasteiger partial charge is 0.321 e. The Balaban J connectivity index is 2.74. The Hall–Kier alpha value is -2.28. The largest absolute Gasteiger partial charge is 0.489 e. The van der Waals surface area contributed by atoms with E-state index in [2.05, 4.69) is 5.32 Å². The highest BCUT2D eigenvalue weighted by Gasteiger charge is 2.18. The summed E-state index contributed by atoms with van der Waals surface area (Å²) in [6, 6.07) is 5.05. The standard InChI is InChI=1S/C16H24N2O5/c1-11-5-6-13(14(9-11)23-8-7-22-4)17-16(21)18(3)10-12(2)15(19)20/h5-6,9,12H,7-8,10H2,1-4H3,(H,17,21)(H,19,20). The van der Waals surface area contributed by atoms with Crippen LogP contribution in [0.15, 0.2) is 18.2 Å². The zero-order valence-electron chi connectivity index (χ0n) is 14.0. The first-order valence-electron chi connectivity index (χ1n) is 7.32. The van der Waals surface area contributed by atoms with Crippen molar-refractivity contribution in [1.82, 2.24) is 4.90 Å². The molecule has 0 fully saturated rings. The summed E-state index contributed by atoms with van der Waals surface area (Å²) >= 11 is 0. The Morgan fingerprint density at radius 2 is 2.04 bits per heavy atom. The van der Waals surface area contributed by atoms with Crippen LogP contribution in [0.4, 0.5) is 10.5 Å². The number of aryl methyl sites for hydroxylation is 1. The molecule has 1 atom stereocenters. The van der Waals surface area contributed by atoms with E-state index in [9.17, 15) is 9.59 Å². The van der Waals surface area contributed by atoms with E-state index in [0.29, 0.717) is 24.7 Å². The molecule has 0 bridgehead atoms. The molecular formula is C16H24N2O5. The van der Waals surface area contributed by atoms with E-state index in [0.717, 1.165) is 5.56 Å². The number of amides is 2. The van der Waals surface area contributed by atoms with Crippen molar-refractivity contribution in [2.24, 2.45) is 5.92 Å². The van der Waals surface area contributed by atoms with Crippen LogP contribution in [0.2, 0.25) is 0 Å². The number of aliphatic carboxylic acids is 1. The van der Waals surface area contributed by atoms with Gasteiger partial charge in [0.25, 0.3) is 0 Å². The van der Waals surface area contributed by atoms with Crippen molar-refractivity contribution in [2.75, 3.05) is 39.2 Å². The van der Waals surface area contributed by atoms with Crippen LogP contribution in [0.3, 0.4) is 0 Å². The van der Waals surface area contributed by atoms with E-state index in [-0.39, 0.29) is 6.54 Å². The third-order valence-electron chi connectivity index (χ3n) is 3.24. The molecule has 0 saturated heterocycles.